The SMILES string of the molecule is CCCCN(CCCCC(C)(NC1CC1)C(=O)O)C1CC1. The number of hydrogen-bond donors (Lipinski definition) is 2. The van der Waals surface area contributed by atoms with E-state index in [1.165, 1.54) is 32.2 Å². The second kappa shape index (κ2) is 7.59. The normalized spacial score (nSPS) is 21.5. The lowest BCUT2D eigenvalue weighted by Gasteiger charge is -2.27. The lowest BCUT2D eigenvalue weighted by molar-refractivity contribution is -0.144. The topological polar surface area (TPSA) is 52.6 Å². The highest BCUT2D eigenvalue weighted by atomic mass is 16.4. The third kappa shape index (κ3) is 5.59. The van der Waals surface area contributed by atoms with Crippen LogP contribution in [0, 0.1) is 0 Å². The molecule has 0 heterocycles. The van der Waals surface area contributed by atoms with Crippen LogP contribution in [0.5, 0.6) is 0 Å². The molecular formula is C17H32N2O2. The van der Waals surface area contributed by atoms with Gasteiger partial charge in [-0.15, -0.1) is 0 Å². The summed E-state index contributed by atoms with van der Waals surface area (Å²) in [7, 11) is 0. The Morgan fingerprint density at radius 2 is 1.86 bits per heavy atom. The van der Waals surface area contributed by atoms with E-state index in [1.54, 1.807) is 0 Å². The summed E-state index contributed by atoms with van der Waals surface area (Å²) >= 11 is 0. The Labute approximate surface area is 129 Å². The number of carbonyl (C=O) groups is 1. The van der Waals surface area contributed by atoms with Crippen LogP contribution in [0.2, 0.25) is 0 Å². The van der Waals surface area contributed by atoms with Gasteiger partial charge in [0, 0.05) is 12.1 Å². The molecule has 4 nitrogen and oxygen atoms in total. The number of carboxylic acids is 1. The van der Waals surface area contributed by atoms with Gasteiger partial charge in [0.2, 0.25) is 0 Å². The van der Waals surface area contributed by atoms with Crippen molar-refractivity contribution in [2.75, 3.05) is 13.1 Å². The van der Waals surface area contributed by atoms with Crippen molar-refractivity contribution in [1.29, 1.82) is 0 Å². The summed E-state index contributed by atoms with van der Waals surface area (Å²) in [4.78, 5) is 14.1. The van der Waals surface area contributed by atoms with E-state index in [4.69, 9.17) is 0 Å². The Morgan fingerprint density at radius 1 is 1.19 bits per heavy atom. The number of hydrogen-bond acceptors (Lipinski definition) is 3. The minimum Gasteiger partial charge on any atom is -0.480 e. The molecule has 0 spiro atoms. The molecule has 21 heavy (non-hydrogen) atoms. The van der Waals surface area contributed by atoms with Crippen molar-refractivity contribution >= 4 is 5.97 Å². The van der Waals surface area contributed by atoms with Gasteiger partial charge in [0.25, 0.3) is 0 Å². The second-order valence-electron chi connectivity index (χ2n) is 7.13. The summed E-state index contributed by atoms with van der Waals surface area (Å²) in [6, 6.07) is 1.27. The van der Waals surface area contributed by atoms with E-state index in [9.17, 15) is 9.90 Å². The maximum atomic E-state index is 11.5. The Bertz CT molecular complexity index is 340. The quantitative estimate of drug-likeness (QED) is 0.544. The van der Waals surface area contributed by atoms with Crippen LogP contribution in [-0.4, -0.2) is 46.7 Å². The van der Waals surface area contributed by atoms with Crippen LogP contribution in [0.15, 0.2) is 0 Å². The molecule has 1 unspecified atom stereocenters. The standard InChI is InChI=1S/C17H32N2O2/c1-3-4-12-19(15-9-10-15)13-6-5-11-17(2,16(20)21)18-14-7-8-14/h14-15,18H,3-13H2,1-2H3,(H,20,21). The van der Waals surface area contributed by atoms with Crippen LogP contribution in [0.3, 0.4) is 0 Å². The molecule has 4 heteroatoms. The first-order chi connectivity index (χ1) is 10.0. The zero-order valence-corrected chi connectivity index (χ0v) is 13.7. The molecule has 2 aliphatic carbocycles. The van der Waals surface area contributed by atoms with E-state index in [2.05, 4.69) is 17.1 Å². The molecule has 2 aliphatic rings. The Kier molecular flexibility index (Phi) is 6.06. The van der Waals surface area contributed by atoms with E-state index in [0.29, 0.717) is 6.04 Å². The lowest BCUT2D eigenvalue weighted by Crippen LogP contribution is -2.50. The van der Waals surface area contributed by atoms with Gasteiger partial charge in [-0.3, -0.25) is 10.1 Å². The molecule has 122 valence electrons. The molecule has 0 amide bonds. The Hall–Kier alpha value is -0.610. The molecule has 2 rings (SSSR count). The van der Waals surface area contributed by atoms with Gasteiger partial charge < -0.3 is 10.0 Å². The van der Waals surface area contributed by atoms with Gasteiger partial charge >= 0.3 is 5.97 Å². The first kappa shape index (κ1) is 16.8. The molecule has 0 radical (unpaired) electrons. The zero-order valence-electron chi connectivity index (χ0n) is 13.7. The molecular weight excluding hydrogens is 264 g/mol. The second-order valence-corrected chi connectivity index (χ2v) is 7.13. The molecule has 0 aromatic carbocycles. The minimum absolute atomic E-state index is 0.443. The van der Waals surface area contributed by atoms with Gasteiger partial charge in [-0.25, -0.2) is 0 Å². The maximum absolute atomic E-state index is 11.5. The van der Waals surface area contributed by atoms with Crippen molar-refractivity contribution < 1.29 is 9.90 Å². The average molecular weight is 296 g/mol. The molecule has 0 aromatic heterocycles. The summed E-state index contributed by atoms with van der Waals surface area (Å²) in [5.74, 6) is -0.695. The van der Waals surface area contributed by atoms with Gasteiger partial charge in [-0.1, -0.05) is 13.3 Å². The van der Waals surface area contributed by atoms with Gasteiger partial charge in [-0.05, 0) is 71.4 Å². The highest BCUT2D eigenvalue weighted by Gasteiger charge is 2.38. The molecule has 2 fully saturated rings. The molecule has 0 saturated heterocycles. The largest absolute Gasteiger partial charge is 0.480 e. The first-order valence-electron chi connectivity index (χ1n) is 8.80. The smallest absolute Gasteiger partial charge is 0.323 e. The fourth-order valence-corrected chi connectivity index (χ4v) is 2.99. The molecule has 0 aliphatic heterocycles. The lowest BCUT2D eigenvalue weighted by atomic mass is 9.94. The van der Waals surface area contributed by atoms with Crippen LogP contribution in [-0.2, 0) is 4.79 Å². The van der Waals surface area contributed by atoms with Gasteiger partial charge in [-0.2, -0.15) is 0 Å². The summed E-state index contributed by atoms with van der Waals surface area (Å²) in [5, 5.41) is 12.8. The van der Waals surface area contributed by atoms with Gasteiger partial charge in [0.15, 0.2) is 0 Å². The third-order valence-electron chi connectivity index (χ3n) is 4.81. The number of carboxylic acid groups (broad SMARTS) is 1. The van der Waals surface area contributed by atoms with Crippen LogP contribution in [0.25, 0.3) is 0 Å². The molecule has 1 atom stereocenters. The van der Waals surface area contributed by atoms with Crippen LogP contribution < -0.4 is 5.32 Å². The number of nitrogens with one attached hydrogen (secondary N) is 1. The van der Waals surface area contributed by atoms with E-state index in [0.717, 1.165) is 44.7 Å². The molecule has 2 saturated carbocycles. The minimum atomic E-state index is -0.727. The Morgan fingerprint density at radius 3 is 2.38 bits per heavy atom. The zero-order chi connectivity index (χ0) is 15.3. The van der Waals surface area contributed by atoms with Crippen molar-refractivity contribution in [1.82, 2.24) is 10.2 Å². The number of aliphatic carboxylic acids is 1. The summed E-state index contributed by atoms with van der Waals surface area (Å²) in [6.45, 7) is 6.46. The van der Waals surface area contributed by atoms with Crippen molar-refractivity contribution in [2.24, 2.45) is 0 Å². The molecule has 0 bridgehead atoms. The predicted octanol–water partition coefficient (Wildman–Crippen LogP) is 3.02. The third-order valence-corrected chi connectivity index (χ3v) is 4.81. The number of nitrogens with zero attached hydrogens (tertiary/aromatic N) is 1. The fraction of sp³-hybridized carbons (Fsp3) is 0.941. The fourth-order valence-electron chi connectivity index (χ4n) is 2.99. The van der Waals surface area contributed by atoms with Gasteiger partial charge in [0.05, 0.1) is 0 Å². The molecule has 0 aromatic rings. The highest BCUT2D eigenvalue weighted by Crippen LogP contribution is 2.28. The van der Waals surface area contributed by atoms with E-state index < -0.39 is 11.5 Å². The summed E-state index contributed by atoms with van der Waals surface area (Å²) in [5.41, 5.74) is -0.727. The predicted molar refractivity (Wildman–Crippen MR) is 85.6 cm³/mol. The summed E-state index contributed by atoms with van der Waals surface area (Å²) < 4.78 is 0. The first-order valence-corrected chi connectivity index (χ1v) is 8.80. The van der Waals surface area contributed by atoms with E-state index >= 15 is 0 Å². The number of unbranched alkanes of at least 4 members (excludes halogenated alkanes) is 2. The Balaban J connectivity index is 1.67. The van der Waals surface area contributed by atoms with Crippen LogP contribution >= 0.6 is 0 Å². The average Bonchev–Trinajstić information content (AvgIpc) is 3.31. The molecule has 2 N–H and O–H groups in total. The van der Waals surface area contributed by atoms with Crippen molar-refractivity contribution in [2.45, 2.75) is 89.3 Å². The van der Waals surface area contributed by atoms with Crippen LogP contribution in [0.1, 0.15) is 71.6 Å². The van der Waals surface area contributed by atoms with Gasteiger partial charge in [0.1, 0.15) is 5.54 Å². The van der Waals surface area contributed by atoms with E-state index in [-0.39, 0.29) is 0 Å². The number of rotatable bonds is 12. The highest BCUT2D eigenvalue weighted by molar-refractivity contribution is 5.78. The summed E-state index contributed by atoms with van der Waals surface area (Å²) in [6.07, 6.45) is 10.4. The van der Waals surface area contributed by atoms with Crippen molar-refractivity contribution in [3.8, 4) is 0 Å². The monoisotopic (exact) mass is 296 g/mol. The van der Waals surface area contributed by atoms with E-state index in [1.807, 2.05) is 6.92 Å². The van der Waals surface area contributed by atoms with Crippen molar-refractivity contribution in [3.05, 3.63) is 0 Å². The van der Waals surface area contributed by atoms with Crippen molar-refractivity contribution in [3.63, 3.8) is 0 Å². The van der Waals surface area contributed by atoms with Crippen LogP contribution in [0.4, 0.5) is 0 Å². The maximum Gasteiger partial charge on any atom is 0.323 e.